The second-order valence-corrected chi connectivity index (χ2v) is 39.6. The van der Waals surface area contributed by atoms with Crippen molar-refractivity contribution in [1.82, 2.24) is 23.3 Å². The third-order valence-electron chi connectivity index (χ3n) is 28.2. The minimum Gasteiger partial charge on any atom is -0.309 e. The average molecular weight is 2040 g/mol. The van der Waals surface area contributed by atoms with E-state index >= 15 is 0 Å². The van der Waals surface area contributed by atoms with Crippen molar-refractivity contribution in [2.45, 2.75) is 0 Å². The minimum absolute atomic E-state index is 0.962. The Morgan fingerprint density at radius 3 is 0.914 bits per heavy atom. The standard InChI is InChI=1S/C35H21BrN2.3C32H20BrN/c36-24-16-19-31(37-21-24)23-13-17-25(18-14-23)38-32-20-15-22-7-1-2-8-26(22)33(32)34-29-11-5-3-9-27(29)28-10-4-6-12-30(28)35(34)38;33-23-17-13-21(14-18-23)22-15-19-24(20-16-22)34-30-12-6-5-11-29(30)31-27-9-3-1-7-25(27)26-8-2-4-10-28(26)32(31)34;33-25-16-12-21(13-17-25)24-8-5-9-26(20-24)34-30-19-15-22-6-1-3-10-27(22)31(30)29-18-14-23-7-2-4-11-28(23)32(29)34;33-25-15-9-21(10-16-25)22-11-17-26(18-12-22)34-29-19-13-23-5-1-3-7-27(23)31(29)32-28-8-4-2-6-24(28)14-20-30(32)34/h1-21H;3*1-20H. The quantitative estimate of drug-likeness (QED) is 0.140. The summed E-state index contributed by atoms with van der Waals surface area (Å²) in [5.41, 5.74) is 23.9. The van der Waals surface area contributed by atoms with Crippen LogP contribution in [0.25, 0.3) is 252 Å². The van der Waals surface area contributed by atoms with Crippen LogP contribution in [0, 0.1) is 0 Å². The summed E-state index contributed by atoms with van der Waals surface area (Å²) in [5, 5.41) is 33.5. The molecule has 140 heavy (non-hydrogen) atoms. The molecule has 29 aromatic rings. The van der Waals surface area contributed by atoms with Crippen LogP contribution >= 0.6 is 63.7 Å². The van der Waals surface area contributed by atoms with Crippen molar-refractivity contribution in [3.05, 3.63) is 509 Å². The smallest absolute Gasteiger partial charge is 0.0702 e. The molecule has 0 saturated carbocycles. The normalized spacial score (nSPS) is 11.7. The number of nitrogens with zero attached hydrogens (tertiary/aromatic N) is 5. The highest BCUT2D eigenvalue weighted by molar-refractivity contribution is 9.11. The molecule has 24 aromatic carbocycles. The van der Waals surface area contributed by atoms with Gasteiger partial charge in [-0.05, 0) is 257 Å². The lowest BCUT2D eigenvalue weighted by Gasteiger charge is -2.13. The van der Waals surface area contributed by atoms with Gasteiger partial charge in [-0.1, -0.05) is 406 Å². The summed E-state index contributed by atoms with van der Waals surface area (Å²) in [6.45, 7) is 0. The summed E-state index contributed by atoms with van der Waals surface area (Å²) in [6, 6.07) is 175. The van der Waals surface area contributed by atoms with Crippen molar-refractivity contribution in [3.8, 4) is 67.4 Å². The van der Waals surface area contributed by atoms with Crippen LogP contribution < -0.4 is 0 Å². The number of pyridine rings is 1. The first-order valence-corrected chi connectivity index (χ1v) is 50.4. The molecule has 0 aliphatic heterocycles. The summed E-state index contributed by atoms with van der Waals surface area (Å²) < 4.78 is 14.0. The Balaban J connectivity index is 0.0000000961. The van der Waals surface area contributed by atoms with Crippen molar-refractivity contribution in [2.75, 3.05) is 0 Å². The summed E-state index contributed by atoms with van der Waals surface area (Å²) >= 11 is 14.1. The number of halogens is 4. The fraction of sp³-hybridized carbons (Fsp3) is 0. The molecular weight excluding hydrogens is 1960 g/mol. The van der Waals surface area contributed by atoms with E-state index in [1.807, 2.05) is 18.3 Å². The van der Waals surface area contributed by atoms with Crippen LogP contribution in [0.5, 0.6) is 0 Å². The topological polar surface area (TPSA) is 32.6 Å². The summed E-state index contributed by atoms with van der Waals surface area (Å²) in [7, 11) is 0. The van der Waals surface area contributed by atoms with E-state index in [1.165, 1.54) is 235 Å². The Morgan fingerprint density at radius 2 is 0.457 bits per heavy atom. The van der Waals surface area contributed by atoms with Crippen LogP contribution in [-0.2, 0) is 0 Å². The zero-order chi connectivity index (χ0) is 93.2. The zero-order valence-electron chi connectivity index (χ0n) is 75.5. The predicted octanol–water partition coefficient (Wildman–Crippen LogP) is 38.6. The molecule has 0 saturated heterocycles. The van der Waals surface area contributed by atoms with Gasteiger partial charge in [0.25, 0.3) is 0 Å². The van der Waals surface area contributed by atoms with E-state index in [-0.39, 0.29) is 0 Å². The lowest BCUT2D eigenvalue weighted by molar-refractivity contribution is 1.18. The van der Waals surface area contributed by atoms with E-state index in [1.54, 1.807) is 0 Å². The number of rotatable bonds is 8. The third-order valence-corrected chi connectivity index (χ3v) is 30.2. The Hall–Kier alpha value is -16.1. The molecule has 0 N–H and O–H groups in total. The van der Waals surface area contributed by atoms with Crippen LogP contribution in [0.1, 0.15) is 0 Å². The van der Waals surface area contributed by atoms with Gasteiger partial charge in [0.15, 0.2) is 0 Å². The van der Waals surface area contributed by atoms with Gasteiger partial charge in [0, 0.05) is 112 Å². The lowest BCUT2D eigenvalue weighted by atomic mass is 9.95. The van der Waals surface area contributed by atoms with Crippen LogP contribution in [-0.4, -0.2) is 23.3 Å². The van der Waals surface area contributed by atoms with Gasteiger partial charge >= 0.3 is 0 Å². The number of benzene rings is 24. The largest absolute Gasteiger partial charge is 0.309 e. The molecule has 0 aliphatic carbocycles. The van der Waals surface area contributed by atoms with Gasteiger partial charge in [-0.25, -0.2) is 0 Å². The van der Waals surface area contributed by atoms with E-state index in [4.69, 9.17) is 0 Å². The fourth-order valence-corrected chi connectivity index (χ4v) is 23.0. The van der Waals surface area contributed by atoms with E-state index in [9.17, 15) is 0 Å². The van der Waals surface area contributed by atoms with Gasteiger partial charge in [-0.15, -0.1) is 0 Å². The van der Waals surface area contributed by atoms with Crippen LogP contribution in [0.2, 0.25) is 0 Å². The molecule has 0 radical (unpaired) electrons. The number of hydrogen-bond acceptors (Lipinski definition) is 1. The Bertz CT molecular complexity index is 9920. The van der Waals surface area contributed by atoms with Crippen molar-refractivity contribution in [3.63, 3.8) is 0 Å². The molecule has 0 amide bonds. The molecule has 29 rings (SSSR count). The summed E-state index contributed by atoms with van der Waals surface area (Å²) in [6.07, 6.45) is 1.85. The molecule has 5 aromatic heterocycles. The molecule has 0 unspecified atom stereocenters. The second-order valence-electron chi connectivity index (χ2n) is 36.0. The highest BCUT2D eigenvalue weighted by Gasteiger charge is 2.26. The second kappa shape index (κ2) is 35.2. The highest BCUT2D eigenvalue weighted by atomic mass is 79.9. The van der Waals surface area contributed by atoms with Crippen LogP contribution in [0.4, 0.5) is 0 Å². The van der Waals surface area contributed by atoms with E-state index < -0.39 is 0 Å². The first kappa shape index (κ1) is 84.4. The van der Waals surface area contributed by atoms with Crippen molar-refractivity contribution >= 4 is 248 Å². The Labute approximate surface area is 840 Å². The minimum atomic E-state index is 0.962. The monoisotopic (exact) mass is 2040 g/mol. The van der Waals surface area contributed by atoms with Crippen molar-refractivity contribution < 1.29 is 0 Å². The summed E-state index contributed by atoms with van der Waals surface area (Å²) in [5.74, 6) is 0. The first-order chi connectivity index (χ1) is 69.1. The molecule has 5 nitrogen and oxygen atoms in total. The Kier molecular flexibility index (Phi) is 21.2. The molecule has 0 spiro atoms. The van der Waals surface area contributed by atoms with Gasteiger partial charge in [0.2, 0.25) is 0 Å². The SMILES string of the molecule is Brc1ccc(-c2ccc(-n3c4ccc5ccccc5c4c4c5ccccc5c5ccccc5c43)cc2)nc1.Brc1ccc(-c2ccc(-n3c4ccc5ccccc5c4c4c5ccccc5ccc43)cc2)cc1.Brc1ccc(-c2ccc(-n3c4ccccc4c4c5ccccc5c5ccccc5c43)cc2)cc1.Brc1ccc(-c2cccc(-n3c4ccc5ccccc5c4c4ccc5ccccc5c43)c2)cc1. The Morgan fingerprint density at radius 1 is 0.150 bits per heavy atom. The maximum atomic E-state index is 4.60. The maximum Gasteiger partial charge on any atom is 0.0702 e. The maximum absolute atomic E-state index is 4.60. The number of fused-ring (bicyclic) bond motifs is 32. The van der Waals surface area contributed by atoms with Crippen molar-refractivity contribution in [1.29, 1.82) is 0 Å². The molecule has 0 atom stereocenters. The first-order valence-electron chi connectivity index (χ1n) is 47.2. The van der Waals surface area contributed by atoms with Gasteiger partial charge in [-0.3, -0.25) is 4.98 Å². The molecule has 0 fully saturated rings. The average Bonchev–Trinajstić information content (AvgIpc) is 1.55. The van der Waals surface area contributed by atoms with Gasteiger partial charge in [0.1, 0.15) is 0 Å². The third kappa shape index (κ3) is 14.5. The molecule has 9 heteroatoms. The molecular formula is C131H81Br4N5. The number of aromatic nitrogens is 5. The van der Waals surface area contributed by atoms with Gasteiger partial charge in [-0.2, -0.15) is 0 Å². The molecule has 5 heterocycles. The van der Waals surface area contributed by atoms with Gasteiger partial charge < -0.3 is 18.3 Å². The van der Waals surface area contributed by atoms with Crippen LogP contribution in [0.15, 0.2) is 509 Å². The van der Waals surface area contributed by atoms with E-state index in [0.29, 0.717) is 0 Å². The fourth-order valence-electron chi connectivity index (χ4n) is 21.9. The molecule has 0 bridgehead atoms. The number of para-hydroxylation sites is 1. The molecule has 0 aliphatic rings. The van der Waals surface area contributed by atoms with Gasteiger partial charge in [0.05, 0.1) is 49.8 Å². The van der Waals surface area contributed by atoms with Crippen LogP contribution in [0.3, 0.4) is 0 Å². The highest BCUT2D eigenvalue weighted by Crippen LogP contribution is 2.49. The predicted molar refractivity (Wildman–Crippen MR) is 611 cm³/mol. The lowest BCUT2D eigenvalue weighted by Crippen LogP contribution is -1.95. The zero-order valence-corrected chi connectivity index (χ0v) is 81.9. The van der Waals surface area contributed by atoms with E-state index in [0.717, 1.165) is 34.8 Å². The van der Waals surface area contributed by atoms with Crippen molar-refractivity contribution in [2.24, 2.45) is 0 Å². The number of hydrogen-bond donors (Lipinski definition) is 0. The van der Waals surface area contributed by atoms with E-state index in [2.05, 4.69) is 560 Å². The molecule has 658 valence electrons. The summed E-state index contributed by atoms with van der Waals surface area (Å²) in [4.78, 5) is 4.60.